The van der Waals surface area contributed by atoms with E-state index in [2.05, 4.69) is 10.3 Å². The fraction of sp³-hybridized carbons (Fsp3) is 0.471. The molecule has 4 nitrogen and oxygen atoms in total. The molecule has 4 N–H and O–H groups in total. The largest absolute Gasteiger partial charge is 0.358 e. The van der Waals surface area contributed by atoms with Gasteiger partial charge in [-0.15, -0.1) is 0 Å². The predicted octanol–water partition coefficient (Wildman–Crippen LogP) is 2.40. The first-order valence-electron chi connectivity index (χ1n) is 7.82. The Labute approximate surface area is 129 Å². The highest BCUT2D eigenvalue weighted by Crippen LogP contribution is 2.28. The van der Waals surface area contributed by atoms with Gasteiger partial charge in [-0.2, -0.15) is 0 Å². The average molecular weight is 303 g/mol. The normalized spacial score (nSPS) is 20.9. The van der Waals surface area contributed by atoms with Gasteiger partial charge in [-0.3, -0.25) is 4.79 Å². The van der Waals surface area contributed by atoms with Crippen LogP contribution < -0.4 is 11.1 Å². The van der Waals surface area contributed by atoms with E-state index in [-0.39, 0.29) is 17.8 Å². The monoisotopic (exact) mass is 303 g/mol. The number of amides is 1. The zero-order chi connectivity index (χ0) is 15.7. The Morgan fingerprint density at radius 1 is 1.45 bits per heavy atom. The van der Waals surface area contributed by atoms with Crippen molar-refractivity contribution in [2.24, 2.45) is 11.7 Å². The number of H-pyrrole nitrogens is 1. The molecule has 0 unspecified atom stereocenters. The van der Waals surface area contributed by atoms with Crippen LogP contribution in [-0.4, -0.2) is 23.5 Å². The number of carbonyl (C=O) groups is 1. The summed E-state index contributed by atoms with van der Waals surface area (Å²) in [6.45, 7) is 2.58. The maximum absolute atomic E-state index is 13.2. The number of hydrogen-bond acceptors (Lipinski definition) is 2. The maximum atomic E-state index is 13.2. The molecule has 3 rings (SSSR count). The minimum Gasteiger partial charge on any atom is -0.358 e. The smallest absolute Gasteiger partial charge is 0.220 e. The summed E-state index contributed by atoms with van der Waals surface area (Å²) >= 11 is 0. The molecular weight excluding hydrogens is 281 g/mol. The van der Waals surface area contributed by atoms with Crippen LogP contribution in [0, 0.1) is 18.7 Å². The third-order valence-corrected chi connectivity index (χ3v) is 4.52. The molecule has 0 radical (unpaired) electrons. The summed E-state index contributed by atoms with van der Waals surface area (Å²) in [6, 6.07) is 5.05. The topological polar surface area (TPSA) is 70.9 Å². The first-order valence-corrected chi connectivity index (χ1v) is 7.82. The molecule has 0 spiro atoms. The number of benzene rings is 1. The van der Waals surface area contributed by atoms with Crippen molar-refractivity contribution in [3.05, 3.63) is 35.3 Å². The standard InChI is InChI=1S/C17H22FN3O/c1-10-14(15-3-2-12(18)9-16(15)21-10)4-5-20-17(22)8-11-6-13(19)7-11/h2-3,9,11,13,21H,4-8,19H2,1H3,(H,20,22). The molecule has 22 heavy (non-hydrogen) atoms. The van der Waals surface area contributed by atoms with Gasteiger partial charge in [-0.25, -0.2) is 4.39 Å². The van der Waals surface area contributed by atoms with Crippen LogP contribution in [0.4, 0.5) is 4.39 Å². The van der Waals surface area contributed by atoms with Gasteiger partial charge in [0.1, 0.15) is 5.82 Å². The van der Waals surface area contributed by atoms with E-state index >= 15 is 0 Å². The number of halogens is 1. The average Bonchev–Trinajstić information content (AvgIpc) is 2.72. The van der Waals surface area contributed by atoms with Gasteiger partial charge in [-0.1, -0.05) is 0 Å². The fourth-order valence-electron chi connectivity index (χ4n) is 3.30. The van der Waals surface area contributed by atoms with Crippen molar-refractivity contribution in [3.63, 3.8) is 0 Å². The second-order valence-electron chi connectivity index (χ2n) is 6.32. The molecule has 1 heterocycles. The summed E-state index contributed by atoms with van der Waals surface area (Å²) in [5.74, 6) is 0.306. The van der Waals surface area contributed by atoms with E-state index < -0.39 is 0 Å². The Hall–Kier alpha value is -1.88. The summed E-state index contributed by atoms with van der Waals surface area (Å²) in [5.41, 5.74) is 8.70. The summed E-state index contributed by atoms with van der Waals surface area (Å²) < 4.78 is 13.2. The van der Waals surface area contributed by atoms with Crippen LogP contribution in [0.1, 0.15) is 30.5 Å². The Morgan fingerprint density at radius 3 is 2.95 bits per heavy atom. The van der Waals surface area contributed by atoms with Crippen molar-refractivity contribution in [2.75, 3.05) is 6.54 Å². The van der Waals surface area contributed by atoms with E-state index in [9.17, 15) is 9.18 Å². The van der Waals surface area contributed by atoms with Crippen molar-refractivity contribution in [2.45, 2.75) is 38.6 Å². The molecule has 2 aromatic rings. The van der Waals surface area contributed by atoms with Gasteiger partial charge in [0.15, 0.2) is 0 Å². The Kier molecular flexibility index (Phi) is 4.16. The number of nitrogens with two attached hydrogens (primary N) is 1. The van der Waals surface area contributed by atoms with E-state index in [1.807, 2.05) is 6.92 Å². The van der Waals surface area contributed by atoms with Gasteiger partial charge in [0, 0.05) is 35.6 Å². The highest BCUT2D eigenvalue weighted by atomic mass is 19.1. The van der Waals surface area contributed by atoms with Crippen LogP contribution >= 0.6 is 0 Å². The summed E-state index contributed by atoms with van der Waals surface area (Å²) in [6.07, 6.45) is 3.24. The molecule has 1 amide bonds. The molecule has 1 aromatic heterocycles. The van der Waals surface area contributed by atoms with Crippen LogP contribution in [0.25, 0.3) is 10.9 Å². The molecule has 118 valence electrons. The van der Waals surface area contributed by atoms with E-state index in [0.717, 1.165) is 41.4 Å². The lowest BCUT2D eigenvalue weighted by Crippen LogP contribution is -2.39. The molecule has 0 aliphatic heterocycles. The lowest BCUT2D eigenvalue weighted by atomic mass is 9.79. The predicted molar refractivity (Wildman–Crippen MR) is 85.0 cm³/mol. The van der Waals surface area contributed by atoms with Gasteiger partial charge >= 0.3 is 0 Å². The lowest BCUT2D eigenvalue weighted by molar-refractivity contribution is -0.122. The highest BCUT2D eigenvalue weighted by molar-refractivity contribution is 5.84. The van der Waals surface area contributed by atoms with Crippen LogP contribution in [0.2, 0.25) is 0 Å². The van der Waals surface area contributed by atoms with Crippen molar-refractivity contribution < 1.29 is 9.18 Å². The van der Waals surface area contributed by atoms with Crippen molar-refractivity contribution in [3.8, 4) is 0 Å². The van der Waals surface area contributed by atoms with Crippen molar-refractivity contribution in [1.29, 1.82) is 0 Å². The summed E-state index contributed by atoms with van der Waals surface area (Å²) in [5, 5.41) is 4.00. The number of nitrogens with one attached hydrogen (secondary N) is 2. The van der Waals surface area contributed by atoms with E-state index in [0.29, 0.717) is 18.9 Å². The third kappa shape index (κ3) is 3.14. The molecule has 0 atom stereocenters. The first-order chi connectivity index (χ1) is 10.5. The number of aromatic nitrogens is 1. The van der Waals surface area contributed by atoms with E-state index in [4.69, 9.17) is 5.73 Å². The van der Waals surface area contributed by atoms with Gasteiger partial charge in [0.2, 0.25) is 5.91 Å². The molecule has 0 saturated heterocycles. The van der Waals surface area contributed by atoms with Crippen molar-refractivity contribution >= 4 is 16.8 Å². The van der Waals surface area contributed by atoms with E-state index in [1.54, 1.807) is 6.07 Å². The van der Waals surface area contributed by atoms with Crippen LogP contribution in [0.3, 0.4) is 0 Å². The summed E-state index contributed by atoms with van der Waals surface area (Å²) in [7, 11) is 0. The molecule has 1 aromatic carbocycles. The SMILES string of the molecule is Cc1[nH]c2cc(F)ccc2c1CCNC(=O)CC1CC(N)C1. The number of aromatic amines is 1. The second-order valence-corrected chi connectivity index (χ2v) is 6.32. The highest BCUT2D eigenvalue weighted by Gasteiger charge is 2.27. The van der Waals surface area contributed by atoms with Crippen molar-refractivity contribution in [1.82, 2.24) is 10.3 Å². The summed E-state index contributed by atoms with van der Waals surface area (Å²) in [4.78, 5) is 15.1. The van der Waals surface area contributed by atoms with Gasteiger partial charge in [-0.05, 0) is 55.9 Å². The Balaban J connectivity index is 1.55. The Morgan fingerprint density at radius 2 is 2.23 bits per heavy atom. The van der Waals surface area contributed by atoms with Crippen LogP contribution in [0.5, 0.6) is 0 Å². The number of carbonyl (C=O) groups excluding carboxylic acids is 1. The number of rotatable bonds is 5. The molecular formula is C17H22FN3O. The zero-order valence-corrected chi connectivity index (χ0v) is 12.8. The van der Waals surface area contributed by atoms with Gasteiger partial charge in [0.05, 0.1) is 0 Å². The molecule has 1 aliphatic carbocycles. The maximum Gasteiger partial charge on any atom is 0.220 e. The number of aryl methyl sites for hydroxylation is 1. The van der Waals surface area contributed by atoms with E-state index in [1.165, 1.54) is 12.1 Å². The molecule has 1 fully saturated rings. The molecule has 5 heteroatoms. The van der Waals surface area contributed by atoms with Crippen LogP contribution in [-0.2, 0) is 11.2 Å². The lowest BCUT2D eigenvalue weighted by Gasteiger charge is -2.31. The zero-order valence-electron chi connectivity index (χ0n) is 12.8. The Bertz CT molecular complexity index is 689. The van der Waals surface area contributed by atoms with Gasteiger partial charge in [0.25, 0.3) is 0 Å². The molecule has 1 saturated carbocycles. The second kappa shape index (κ2) is 6.08. The third-order valence-electron chi connectivity index (χ3n) is 4.52. The minimum absolute atomic E-state index is 0.0976. The first kappa shape index (κ1) is 15.0. The molecule has 1 aliphatic rings. The molecule has 0 bridgehead atoms. The number of fused-ring (bicyclic) bond motifs is 1. The minimum atomic E-state index is -0.243. The van der Waals surface area contributed by atoms with Crippen LogP contribution in [0.15, 0.2) is 18.2 Å². The fourth-order valence-corrected chi connectivity index (χ4v) is 3.30. The number of hydrogen-bond donors (Lipinski definition) is 3. The van der Waals surface area contributed by atoms with Gasteiger partial charge < -0.3 is 16.0 Å². The quantitative estimate of drug-likeness (QED) is 0.794.